The summed E-state index contributed by atoms with van der Waals surface area (Å²) in [5, 5.41) is 3.43. The molecule has 0 amide bonds. The lowest BCUT2D eigenvalue weighted by atomic mass is 10.1. The highest BCUT2D eigenvalue weighted by molar-refractivity contribution is 5.51. The van der Waals surface area contributed by atoms with Crippen LogP contribution in [0, 0.1) is 0 Å². The van der Waals surface area contributed by atoms with Crippen LogP contribution in [0.1, 0.15) is 29.8 Å². The summed E-state index contributed by atoms with van der Waals surface area (Å²) >= 11 is 0. The number of imidazole rings is 1. The van der Waals surface area contributed by atoms with Crippen molar-refractivity contribution < 1.29 is 4.74 Å². The molecule has 8 nitrogen and oxygen atoms in total. The number of hydrogen-bond acceptors (Lipinski definition) is 7. The van der Waals surface area contributed by atoms with Gasteiger partial charge in [-0.3, -0.25) is 0 Å². The summed E-state index contributed by atoms with van der Waals surface area (Å²) < 4.78 is 8.46. The highest BCUT2D eigenvalue weighted by Gasteiger charge is 2.26. The standard InChI is InChI=1S/C19H27N7O/c1-24-6-3-15(4-7-24)27-19-22-17-11-20-5-2-16(17)18(23-19)25-8-9-26-13-21-10-14(26)12-25/h10,13,15,20H,2-9,11-12H2,1H3. The Morgan fingerprint density at radius 1 is 1.15 bits per heavy atom. The Balaban J connectivity index is 1.43. The average molecular weight is 369 g/mol. The van der Waals surface area contributed by atoms with Crippen molar-refractivity contribution in [3.63, 3.8) is 0 Å². The summed E-state index contributed by atoms with van der Waals surface area (Å²) in [7, 11) is 2.16. The number of hydrogen-bond donors (Lipinski definition) is 1. The van der Waals surface area contributed by atoms with Gasteiger partial charge in [-0.15, -0.1) is 0 Å². The summed E-state index contributed by atoms with van der Waals surface area (Å²) in [5.74, 6) is 1.05. The molecule has 0 atom stereocenters. The van der Waals surface area contributed by atoms with Crippen molar-refractivity contribution in [2.45, 2.75) is 45.0 Å². The van der Waals surface area contributed by atoms with Crippen LogP contribution in [0.25, 0.3) is 0 Å². The van der Waals surface area contributed by atoms with E-state index in [9.17, 15) is 0 Å². The molecular formula is C19H27N7O. The largest absolute Gasteiger partial charge is 0.460 e. The average Bonchev–Trinajstić information content (AvgIpc) is 3.17. The van der Waals surface area contributed by atoms with E-state index < -0.39 is 0 Å². The Hall–Kier alpha value is -2.19. The van der Waals surface area contributed by atoms with Gasteiger partial charge in [-0.25, -0.2) is 4.98 Å². The summed E-state index contributed by atoms with van der Waals surface area (Å²) in [6.07, 6.45) is 7.12. The molecule has 3 aliphatic rings. The number of aromatic nitrogens is 4. The van der Waals surface area contributed by atoms with Crippen molar-refractivity contribution in [3.8, 4) is 6.01 Å². The van der Waals surface area contributed by atoms with E-state index in [1.165, 1.54) is 11.3 Å². The molecule has 8 heteroatoms. The molecule has 2 aromatic heterocycles. The van der Waals surface area contributed by atoms with E-state index in [-0.39, 0.29) is 6.10 Å². The van der Waals surface area contributed by atoms with Crippen LogP contribution >= 0.6 is 0 Å². The number of anilines is 1. The topological polar surface area (TPSA) is 71.3 Å². The second-order valence-corrected chi connectivity index (χ2v) is 7.80. The van der Waals surface area contributed by atoms with Crippen molar-refractivity contribution in [1.82, 2.24) is 29.7 Å². The fourth-order valence-electron chi connectivity index (χ4n) is 4.25. The van der Waals surface area contributed by atoms with Gasteiger partial charge in [0, 0.05) is 44.5 Å². The molecule has 0 bridgehead atoms. The quantitative estimate of drug-likeness (QED) is 0.858. The lowest BCUT2D eigenvalue weighted by Crippen LogP contribution is -2.37. The van der Waals surface area contributed by atoms with Crippen molar-refractivity contribution in [2.24, 2.45) is 0 Å². The Morgan fingerprint density at radius 2 is 2.04 bits per heavy atom. The SMILES string of the molecule is CN1CCC(Oc2nc3c(c(N4CCn5cncc5C4)n2)CCNC3)CC1. The fraction of sp³-hybridized carbons (Fsp3) is 0.632. The molecule has 144 valence electrons. The second kappa shape index (κ2) is 7.09. The first-order chi connectivity index (χ1) is 13.3. The van der Waals surface area contributed by atoms with Crippen LogP contribution in [-0.4, -0.2) is 63.7 Å². The maximum atomic E-state index is 6.23. The zero-order valence-corrected chi connectivity index (χ0v) is 15.9. The van der Waals surface area contributed by atoms with Crippen LogP contribution in [0.4, 0.5) is 5.82 Å². The van der Waals surface area contributed by atoms with Gasteiger partial charge in [0.25, 0.3) is 0 Å². The molecule has 1 N–H and O–H groups in total. The number of ether oxygens (including phenoxy) is 1. The van der Waals surface area contributed by atoms with Gasteiger partial charge in [-0.05, 0) is 32.9 Å². The van der Waals surface area contributed by atoms with Crippen LogP contribution in [-0.2, 0) is 26.1 Å². The van der Waals surface area contributed by atoms with E-state index in [2.05, 4.69) is 31.7 Å². The summed E-state index contributed by atoms with van der Waals surface area (Å²) in [4.78, 5) is 18.7. The number of rotatable bonds is 3. The van der Waals surface area contributed by atoms with E-state index in [1.807, 2.05) is 12.5 Å². The molecule has 0 spiro atoms. The minimum absolute atomic E-state index is 0.214. The first-order valence-corrected chi connectivity index (χ1v) is 9.96. The van der Waals surface area contributed by atoms with Crippen molar-refractivity contribution in [2.75, 3.05) is 38.1 Å². The third-order valence-corrected chi connectivity index (χ3v) is 5.89. The Kier molecular flexibility index (Phi) is 4.45. The Morgan fingerprint density at radius 3 is 2.93 bits per heavy atom. The van der Waals surface area contributed by atoms with E-state index >= 15 is 0 Å². The van der Waals surface area contributed by atoms with Gasteiger partial charge in [-0.1, -0.05) is 0 Å². The summed E-state index contributed by atoms with van der Waals surface area (Å²) in [6.45, 7) is 6.63. The third-order valence-electron chi connectivity index (χ3n) is 5.89. The van der Waals surface area contributed by atoms with Gasteiger partial charge in [0.2, 0.25) is 0 Å². The minimum Gasteiger partial charge on any atom is -0.460 e. The fourth-order valence-corrected chi connectivity index (χ4v) is 4.25. The van der Waals surface area contributed by atoms with Gasteiger partial charge >= 0.3 is 6.01 Å². The first-order valence-electron chi connectivity index (χ1n) is 9.96. The predicted molar refractivity (Wildman–Crippen MR) is 102 cm³/mol. The molecule has 1 saturated heterocycles. The number of nitrogens with zero attached hydrogens (tertiary/aromatic N) is 6. The number of nitrogens with one attached hydrogen (secondary N) is 1. The Labute approximate surface area is 159 Å². The lowest BCUT2D eigenvalue weighted by Gasteiger charge is -2.33. The van der Waals surface area contributed by atoms with Crippen LogP contribution in [0.5, 0.6) is 6.01 Å². The van der Waals surface area contributed by atoms with E-state index in [4.69, 9.17) is 14.7 Å². The van der Waals surface area contributed by atoms with E-state index in [0.717, 1.165) is 76.6 Å². The van der Waals surface area contributed by atoms with E-state index in [0.29, 0.717) is 6.01 Å². The molecule has 1 fully saturated rings. The number of piperidine rings is 1. The number of likely N-dealkylation sites (tertiary alicyclic amines) is 1. The molecule has 3 aliphatic heterocycles. The van der Waals surface area contributed by atoms with Crippen molar-refractivity contribution >= 4 is 5.82 Å². The van der Waals surface area contributed by atoms with Crippen LogP contribution in [0.2, 0.25) is 0 Å². The predicted octanol–water partition coefficient (Wildman–Crippen LogP) is 0.812. The molecule has 0 unspecified atom stereocenters. The third kappa shape index (κ3) is 3.39. The molecule has 0 aromatic carbocycles. The van der Waals surface area contributed by atoms with Crippen LogP contribution in [0.15, 0.2) is 12.5 Å². The van der Waals surface area contributed by atoms with Gasteiger partial charge in [-0.2, -0.15) is 9.97 Å². The first kappa shape index (κ1) is 16.9. The maximum Gasteiger partial charge on any atom is 0.318 e. The molecule has 0 saturated carbocycles. The van der Waals surface area contributed by atoms with Crippen LogP contribution < -0.4 is 15.0 Å². The maximum absolute atomic E-state index is 6.23. The number of fused-ring (bicyclic) bond motifs is 2. The molecule has 5 heterocycles. The molecular weight excluding hydrogens is 342 g/mol. The van der Waals surface area contributed by atoms with Crippen molar-refractivity contribution in [3.05, 3.63) is 29.5 Å². The zero-order valence-electron chi connectivity index (χ0n) is 15.9. The Bertz CT molecular complexity index is 812. The second-order valence-electron chi connectivity index (χ2n) is 7.80. The smallest absolute Gasteiger partial charge is 0.318 e. The highest BCUT2D eigenvalue weighted by Crippen LogP contribution is 2.29. The molecule has 27 heavy (non-hydrogen) atoms. The van der Waals surface area contributed by atoms with Gasteiger partial charge in [0.15, 0.2) is 0 Å². The van der Waals surface area contributed by atoms with E-state index in [1.54, 1.807) is 0 Å². The van der Waals surface area contributed by atoms with Crippen LogP contribution in [0.3, 0.4) is 0 Å². The molecule has 0 radical (unpaired) electrons. The zero-order chi connectivity index (χ0) is 18.2. The highest BCUT2D eigenvalue weighted by atomic mass is 16.5. The normalized spacial score (nSPS) is 21.0. The van der Waals surface area contributed by atoms with Gasteiger partial charge in [0.05, 0.1) is 24.3 Å². The minimum atomic E-state index is 0.214. The molecule has 0 aliphatic carbocycles. The van der Waals surface area contributed by atoms with Gasteiger partial charge < -0.3 is 24.4 Å². The molecule has 2 aromatic rings. The summed E-state index contributed by atoms with van der Waals surface area (Å²) in [5.41, 5.74) is 3.60. The monoisotopic (exact) mass is 369 g/mol. The summed E-state index contributed by atoms with van der Waals surface area (Å²) in [6, 6.07) is 0.543. The van der Waals surface area contributed by atoms with Gasteiger partial charge in [0.1, 0.15) is 11.9 Å². The lowest BCUT2D eigenvalue weighted by molar-refractivity contribution is 0.105. The molecule has 5 rings (SSSR count). The van der Waals surface area contributed by atoms with Crippen molar-refractivity contribution in [1.29, 1.82) is 0 Å².